The Kier molecular flexibility index (Phi) is 4.61. The highest BCUT2D eigenvalue weighted by atomic mass is 79.9. The lowest BCUT2D eigenvalue weighted by Crippen LogP contribution is -2.30. The molecule has 0 aliphatic rings. The lowest BCUT2D eigenvalue weighted by Gasteiger charge is -2.13. The molecule has 0 aliphatic carbocycles. The quantitative estimate of drug-likeness (QED) is 0.927. The van der Waals surface area contributed by atoms with Gasteiger partial charge in [-0.1, -0.05) is 29.8 Å². The van der Waals surface area contributed by atoms with Gasteiger partial charge in [0.05, 0.1) is 10.7 Å². The van der Waals surface area contributed by atoms with Crippen molar-refractivity contribution in [2.45, 2.75) is 19.5 Å². The van der Waals surface area contributed by atoms with E-state index in [2.05, 4.69) is 26.3 Å². The van der Waals surface area contributed by atoms with E-state index in [4.69, 9.17) is 11.6 Å². The van der Waals surface area contributed by atoms with Crippen LogP contribution in [0.1, 0.15) is 18.5 Å². The summed E-state index contributed by atoms with van der Waals surface area (Å²) in [5.41, 5.74) is 0.895. The number of benzene rings is 1. The van der Waals surface area contributed by atoms with Crippen LogP contribution in [0.5, 0.6) is 0 Å². The Hall–Kier alpha value is -1.33. The van der Waals surface area contributed by atoms with Gasteiger partial charge in [0.2, 0.25) is 5.91 Å². The Morgan fingerprint density at radius 1 is 1.53 bits per heavy atom. The molecule has 0 bridgehead atoms. The predicted octanol–water partition coefficient (Wildman–Crippen LogP) is 3.18. The molecule has 4 nitrogen and oxygen atoms in total. The summed E-state index contributed by atoms with van der Waals surface area (Å²) >= 11 is 9.33. The first-order valence-corrected chi connectivity index (χ1v) is 6.96. The molecule has 2 aromatic rings. The van der Waals surface area contributed by atoms with Crippen molar-refractivity contribution in [3.05, 3.63) is 51.7 Å². The third-order valence-electron chi connectivity index (χ3n) is 2.76. The molecule has 0 unspecified atom stereocenters. The molecule has 2 rings (SSSR count). The minimum atomic E-state index is -0.367. The molecule has 100 valence electrons. The SMILES string of the molecule is C[C@H](C(=O)NCc1ccccc1Cl)n1cc(Br)cn1. The maximum Gasteiger partial charge on any atom is 0.244 e. The molecule has 1 N–H and O–H groups in total. The Bertz CT molecular complexity index is 585. The monoisotopic (exact) mass is 341 g/mol. The molecule has 1 aromatic heterocycles. The molecule has 0 spiro atoms. The van der Waals surface area contributed by atoms with Gasteiger partial charge in [-0.05, 0) is 34.5 Å². The van der Waals surface area contributed by atoms with E-state index in [0.29, 0.717) is 11.6 Å². The van der Waals surface area contributed by atoms with Crippen LogP contribution < -0.4 is 5.32 Å². The summed E-state index contributed by atoms with van der Waals surface area (Å²) in [4.78, 5) is 12.0. The summed E-state index contributed by atoms with van der Waals surface area (Å²) in [6.07, 6.45) is 3.41. The van der Waals surface area contributed by atoms with Crippen molar-refractivity contribution in [1.82, 2.24) is 15.1 Å². The highest BCUT2D eigenvalue weighted by Crippen LogP contribution is 2.15. The van der Waals surface area contributed by atoms with Crippen molar-refractivity contribution in [3.8, 4) is 0 Å². The van der Waals surface area contributed by atoms with Crippen molar-refractivity contribution in [1.29, 1.82) is 0 Å². The fourth-order valence-corrected chi connectivity index (χ4v) is 2.12. The molecule has 1 amide bonds. The molecule has 0 saturated heterocycles. The fraction of sp³-hybridized carbons (Fsp3) is 0.231. The van der Waals surface area contributed by atoms with Gasteiger partial charge in [-0.2, -0.15) is 5.10 Å². The van der Waals surface area contributed by atoms with Crippen molar-refractivity contribution in [2.24, 2.45) is 0 Å². The van der Waals surface area contributed by atoms with E-state index < -0.39 is 0 Å². The third kappa shape index (κ3) is 3.58. The Morgan fingerprint density at radius 3 is 2.89 bits per heavy atom. The number of amides is 1. The van der Waals surface area contributed by atoms with Gasteiger partial charge < -0.3 is 5.32 Å². The zero-order chi connectivity index (χ0) is 13.8. The highest BCUT2D eigenvalue weighted by molar-refractivity contribution is 9.10. The third-order valence-corrected chi connectivity index (χ3v) is 3.54. The summed E-state index contributed by atoms with van der Waals surface area (Å²) in [5, 5.41) is 7.59. The topological polar surface area (TPSA) is 46.9 Å². The van der Waals surface area contributed by atoms with Crippen LogP contribution in [0.3, 0.4) is 0 Å². The van der Waals surface area contributed by atoms with Gasteiger partial charge in [-0.25, -0.2) is 0 Å². The van der Waals surface area contributed by atoms with Gasteiger partial charge in [0.1, 0.15) is 6.04 Å². The van der Waals surface area contributed by atoms with Gasteiger partial charge in [-0.3, -0.25) is 9.48 Å². The van der Waals surface area contributed by atoms with Crippen LogP contribution in [0.15, 0.2) is 41.1 Å². The zero-order valence-corrected chi connectivity index (χ0v) is 12.6. The fourth-order valence-electron chi connectivity index (χ4n) is 1.62. The van der Waals surface area contributed by atoms with E-state index in [-0.39, 0.29) is 11.9 Å². The molecule has 1 heterocycles. The Morgan fingerprint density at radius 2 is 2.26 bits per heavy atom. The average molecular weight is 343 g/mol. The van der Waals surface area contributed by atoms with Gasteiger partial charge in [0.15, 0.2) is 0 Å². The predicted molar refractivity (Wildman–Crippen MR) is 77.9 cm³/mol. The minimum absolute atomic E-state index is 0.101. The molecule has 0 saturated carbocycles. The number of hydrogen-bond acceptors (Lipinski definition) is 2. The lowest BCUT2D eigenvalue weighted by atomic mass is 10.2. The van der Waals surface area contributed by atoms with Gasteiger partial charge >= 0.3 is 0 Å². The number of hydrogen-bond donors (Lipinski definition) is 1. The number of nitrogens with one attached hydrogen (secondary N) is 1. The summed E-state index contributed by atoms with van der Waals surface area (Å²) in [6.45, 7) is 2.20. The lowest BCUT2D eigenvalue weighted by molar-refractivity contribution is -0.124. The van der Waals surface area contributed by atoms with E-state index in [1.807, 2.05) is 18.2 Å². The van der Waals surface area contributed by atoms with Crippen LogP contribution in [0.25, 0.3) is 0 Å². The maximum atomic E-state index is 12.0. The van der Waals surface area contributed by atoms with Gasteiger partial charge in [0.25, 0.3) is 0 Å². The molecule has 0 fully saturated rings. The average Bonchev–Trinajstić information content (AvgIpc) is 2.83. The number of carbonyl (C=O) groups is 1. The van der Waals surface area contributed by atoms with E-state index in [0.717, 1.165) is 10.0 Å². The molecule has 0 aliphatic heterocycles. The second-order valence-corrected chi connectivity index (χ2v) is 5.45. The first-order chi connectivity index (χ1) is 9.08. The van der Waals surface area contributed by atoms with Crippen LogP contribution in [0.2, 0.25) is 5.02 Å². The van der Waals surface area contributed by atoms with E-state index in [1.54, 1.807) is 30.1 Å². The minimum Gasteiger partial charge on any atom is -0.350 e. The molecular formula is C13H13BrClN3O. The van der Waals surface area contributed by atoms with E-state index in [1.165, 1.54) is 0 Å². The van der Waals surface area contributed by atoms with Gasteiger partial charge in [0, 0.05) is 17.8 Å². The molecule has 6 heteroatoms. The van der Waals surface area contributed by atoms with Crippen LogP contribution in [-0.2, 0) is 11.3 Å². The summed E-state index contributed by atoms with van der Waals surface area (Å²) in [5.74, 6) is -0.101. The Labute approximate surface area is 124 Å². The highest BCUT2D eigenvalue weighted by Gasteiger charge is 2.15. The van der Waals surface area contributed by atoms with Crippen molar-refractivity contribution in [2.75, 3.05) is 0 Å². The summed E-state index contributed by atoms with van der Waals surface area (Å²) in [6, 6.07) is 7.07. The normalized spacial score (nSPS) is 12.2. The summed E-state index contributed by atoms with van der Waals surface area (Å²) < 4.78 is 2.45. The molecular weight excluding hydrogens is 330 g/mol. The number of aromatic nitrogens is 2. The number of nitrogens with zero attached hydrogens (tertiary/aromatic N) is 2. The molecule has 0 radical (unpaired) electrons. The van der Waals surface area contributed by atoms with Crippen molar-refractivity contribution in [3.63, 3.8) is 0 Å². The smallest absolute Gasteiger partial charge is 0.244 e. The van der Waals surface area contributed by atoms with E-state index >= 15 is 0 Å². The Balaban J connectivity index is 1.96. The molecule has 1 aromatic carbocycles. The number of halogens is 2. The van der Waals surface area contributed by atoms with Crippen molar-refractivity contribution >= 4 is 33.4 Å². The standard InChI is InChI=1S/C13H13BrClN3O/c1-9(18-8-11(14)7-17-18)13(19)16-6-10-4-2-3-5-12(10)15/h2-5,7-9H,6H2,1H3,(H,16,19)/t9-/m1/s1. The maximum absolute atomic E-state index is 12.0. The zero-order valence-electron chi connectivity index (χ0n) is 10.3. The second-order valence-electron chi connectivity index (χ2n) is 4.12. The number of carbonyl (C=O) groups excluding carboxylic acids is 1. The van der Waals surface area contributed by atoms with Crippen LogP contribution in [0, 0.1) is 0 Å². The summed E-state index contributed by atoms with van der Waals surface area (Å²) in [7, 11) is 0. The first kappa shape index (κ1) is 14.1. The first-order valence-electron chi connectivity index (χ1n) is 5.78. The number of rotatable bonds is 4. The van der Waals surface area contributed by atoms with Crippen LogP contribution in [0.4, 0.5) is 0 Å². The van der Waals surface area contributed by atoms with Crippen LogP contribution >= 0.6 is 27.5 Å². The molecule has 1 atom stereocenters. The van der Waals surface area contributed by atoms with Crippen LogP contribution in [-0.4, -0.2) is 15.7 Å². The van der Waals surface area contributed by atoms with E-state index in [9.17, 15) is 4.79 Å². The second kappa shape index (κ2) is 6.21. The largest absolute Gasteiger partial charge is 0.350 e. The van der Waals surface area contributed by atoms with Gasteiger partial charge in [-0.15, -0.1) is 0 Å². The van der Waals surface area contributed by atoms with Crippen molar-refractivity contribution < 1.29 is 4.79 Å². The molecule has 19 heavy (non-hydrogen) atoms.